The Hall–Kier alpha value is 1.52. The minimum Gasteiger partial charge on any atom is -0.153 e. The van der Waals surface area contributed by atoms with Gasteiger partial charge in [-0.15, -0.1) is 0 Å². The second-order valence-corrected chi connectivity index (χ2v) is 0. The molecule has 1 atom stereocenters. The first-order chi connectivity index (χ1) is 0. The predicted octanol–water partition coefficient (Wildman–Crippen LogP) is -0.328. The fourth-order valence-electron chi connectivity index (χ4n) is 0. The van der Waals surface area contributed by atoms with Crippen LogP contribution in [0.15, 0.2) is 0 Å². The van der Waals surface area contributed by atoms with E-state index in [-0.39, 0.29) is 52.2 Å². The van der Waals surface area contributed by atoms with Gasteiger partial charge in [0.15, 0.2) is 0 Å². The molecule has 0 fully saturated rings. The van der Waals surface area contributed by atoms with Crippen LogP contribution >= 0.6 is 9.90 Å². The molecule has 0 nitrogen and oxygen atoms in total. The topological polar surface area (TPSA) is 0 Å². The van der Waals surface area contributed by atoms with Crippen LogP contribution in [0.25, 0.3) is 0 Å². The van der Waals surface area contributed by atoms with Crippen molar-refractivity contribution in [3.05, 3.63) is 0 Å². The smallest absolute Gasteiger partial charge is 0 e. The molecule has 0 spiro atoms. The van der Waals surface area contributed by atoms with Crippen molar-refractivity contribution >= 4 is 18.3 Å². The molecule has 0 aromatic rings. The largest absolute Gasteiger partial charge is 0.153 e. The molecule has 0 bridgehead atoms. The van der Waals surface area contributed by atoms with E-state index < -0.39 is 0 Å². The van der Waals surface area contributed by atoms with Crippen LogP contribution < -0.4 is 0 Å². The van der Waals surface area contributed by atoms with Crippen LogP contribution in [0.3, 0.4) is 0 Å². The molecule has 0 saturated heterocycles. The molecular formula is H3BCoFeP. The zero-order valence-electron chi connectivity index (χ0n) is 1.97. The molecule has 0 aliphatic carbocycles. The van der Waals surface area contributed by atoms with Crippen LogP contribution in [0, 0.1) is 0 Å². The first-order valence-electron chi connectivity index (χ1n) is 0. The van der Waals surface area contributed by atoms with Gasteiger partial charge >= 0.3 is 0 Å². The summed E-state index contributed by atoms with van der Waals surface area (Å²) < 4.78 is 0. The van der Waals surface area contributed by atoms with Crippen LogP contribution in [0.4, 0.5) is 0 Å². The molecule has 0 amide bonds. The van der Waals surface area contributed by atoms with E-state index in [2.05, 4.69) is 0 Å². The SMILES string of the molecule is P.[B].[Co].[Fe]. The third-order valence-electron chi connectivity index (χ3n) is 0. The Morgan fingerprint density at radius 1 is 1.00 bits per heavy atom. The number of hydrogen-bond donors (Lipinski definition) is 0. The molecule has 0 aliphatic rings. The quantitative estimate of drug-likeness (QED) is 0.336. The van der Waals surface area contributed by atoms with E-state index in [9.17, 15) is 0 Å². The van der Waals surface area contributed by atoms with Crippen molar-refractivity contribution in [1.82, 2.24) is 0 Å². The maximum atomic E-state index is 0. The fourth-order valence-corrected chi connectivity index (χ4v) is 0. The normalized spacial score (nSPS) is 0. The van der Waals surface area contributed by atoms with E-state index in [4.69, 9.17) is 0 Å². The molecule has 1 unspecified atom stereocenters. The monoisotopic (exact) mass is 160 g/mol. The van der Waals surface area contributed by atoms with Crippen LogP contribution in [0.1, 0.15) is 0 Å². The summed E-state index contributed by atoms with van der Waals surface area (Å²) in [5.41, 5.74) is 0. The van der Waals surface area contributed by atoms with Crippen LogP contribution in [-0.2, 0) is 33.8 Å². The Kier molecular flexibility index (Phi) is 295. The van der Waals surface area contributed by atoms with Gasteiger partial charge in [0.05, 0.1) is 0 Å². The van der Waals surface area contributed by atoms with Gasteiger partial charge in [-0.05, 0) is 0 Å². The van der Waals surface area contributed by atoms with Gasteiger partial charge in [0.2, 0.25) is 0 Å². The Labute approximate surface area is 52.4 Å². The third kappa shape index (κ3) is 9.67. The summed E-state index contributed by atoms with van der Waals surface area (Å²) in [7, 11) is 0. The van der Waals surface area contributed by atoms with E-state index >= 15 is 0 Å². The van der Waals surface area contributed by atoms with Crippen LogP contribution in [-0.4, -0.2) is 8.41 Å². The standard InChI is InChI=1S/B.Co.Fe.H3P/h;;;1H3. The van der Waals surface area contributed by atoms with Gasteiger partial charge in [-0.25, -0.2) is 0 Å². The summed E-state index contributed by atoms with van der Waals surface area (Å²) in [6, 6.07) is 0. The molecule has 28 valence electrons. The minimum atomic E-state index is 0. The molecule has 0 rings (SSSR count). The maximum Gasteiger partial charge on any atom is 0 e. The molecule has 0 saturated carbocycles. The van der Waals surface area contributed by atoms with Gasteiger partial charge < -0.3 is 0 Å². The average Bonchev–Trinajstić information content (AvgIpc) is 0. The molecule has 0 aromatic carbocycles. The second kappa shape index (κ2) is 24.2. The first kappa shape index (κ1) is 48.8. The van der Waals surface area contributed by atoms with Crippen LogP contribution in [0.5, 0.6) is 0 Å². The molecular weight excluding hydrogens is 157 g/mol. The zero-order chi connectivity index (χ0) is 0. The Morgan fingerprint density at radius 2 is 1.00 bits per heavy atom. The Balaban J connectivity index is 0. The summed E-state index contributed by atoms with van der Waals surface area (Å²) in [5.74, 6) is 0. The molecule has 4 heteroatoms. The van der Waals surface area contributed by atoms with Gasteiger partial charge in [-0.3, -0.25) is 0 Å². The molecule has 0 aromatic heterocycles. The molecule has 4 heavy (non-hydrogen) atoms. The van der Waals surface area contributed by atoms with Crippen molar-refractivity contribution in [3.8, 4) is 0 Å². The van der Waals surface area contributed by atoms with Gasteiger partial charge in [-0.1, -0.05) is 0 Å². The second-order valence-electron chi connectivity index (χ2n) is 0. The number of hydrogen-bond acceptors (Lipinski definition) is 0. The van der Waals surface area contributed by atoms with Crippen molar-refractivity contribution in [3.63, 3.8) is 0 Å². The van der Waals surface area contributed by atoms with Crippen molar-refractivity contribution < 1.29 is 33.8 Å². The third-order valence-corrected chi connectivity index (χ3v) is 0. The van der Waals surface area contributed by atoms with Crippen molar-refractivity contribution in [2.75, 3.05) is 0 Å². The average molecular weight is 160 g/mol. The van der Waals surface area contributed by atoms with Gasteiger partial charge in [0.25, 0.3) is 0 Å². The molecule has 0 N–H and O–H groups in total. The maximum absolute atomic E-state index is 0. The van der Waals surface area contributed by atoms with Gasteiger partial charge in [0, 0.05) is 42.3 Å². The van der Waals surface area contributed by atoms with Crippen LogP contribution in [0.2, 0.25) is 0 Å². The summed E-state index contributed by atoms with van der Waals surface area (Å²) in [4.78, 5) is 0. The Morgan fingerprint density at radius 3 is 1.00 bits per heavy atom. The van der Waals surface area contributed by atoms with Crippen molar-refractivity contribution in [2.45, 2.75) is 0 Å². The van der Waals surface area contributed by atoms with E-state index in [1.165, 1.54) is 0 Å². The molecule has 0 heterocycles. The summed E-state index contributed by atoms with van der Waals surface area (Å²) in [6.07, 6.45) is 0. The fraction of sp³-hybridized carbons (Fsp3) is 0. The minimum absolute atomic E-state index is 0. The van der Waals surface area contributed by atoms with Gasteiger partial charge in [-0.2, -0.15) is 9.90 Å². The van der Waals surface area contributed by atoms with E-state index in [1.54, 1.807) is 0 Å². The van der Waals surface area contributed by atoms with Crippen molar-refractivity contribution in [1.29, 1.82) is 0 Å². The summed E-state index contributed by atoms with van der Waals surface area (Å²) in [5, 5.41) is 0. The summed E-state index contributed by atoms with van der Waals surface area (Å²) in [6.45, 7) is 0. The number of rotatable bonds is 0. The predicted molar refractivity (Wildman–Crippen MR) is 16.9 cm³/mol. The summed E-state index contributed by atoms with van der Waals surface area (Å²) >= 11 is 0. The zero-order valence-corrected chi connectivity index (χ0v) is 5.53. The Bertz CT molecular complexity index is 8.00. The molecule has 0 aliphatic heterocycles. The van der Waals surface area contributed by atoms with E-state index in [0.717, 1.165) is 0 Å². The molecule has 4 radical (unpaired) electrons. The van der Waals surface area contributed by atoms with E-state index in [1.807, 2.05) is 0 Å². The van der Waals surface area contributed by atoms with Crippen molar-refractivity contribution in [2.24, 2.45) is 0 Å². The first-order valence-corrected chi connectivity index (χ1v) is 0. The van der Waals surface area contributed by atoms with E-state index in [0.29, 0.717) is 0 Å². The van der Waals surface area contributed by atoms with Gasteiger partial charge in [0.1, 0.15) is 0 Å².